The molecule has 0 spiro atoms. The van der Waals surface area contributed by atoms with Crippen molar-refractivity contribution in [1.29, 1.82) is 0 Å². The molecule has 4 heteroatoms. The lowest BCUT2D eigenvalue weighted by atomic mass is 9.78. The summed E-state index contributed by atoms with van der Waals surface area (Å²) in [6.07, 6.45) is 7.06. The molecule has 0 saturated heterocycles. The highest BCUT2D eigenvalue weighted by Crippen LogP contribution is 2.35. The standard InChI is InChI=1S/C24H30N2O2/c1-2-3-7-18-10-12-21(13-11-18)23(27)25-26-24(28)22-16-14-20(15-17-22)19-8-5-4-6-9-19/h4-6,8-13,20,22H,2-3,7,14-17H2,1H3,(H,25,27)(H,26,28). The second kappa shape index (κ2) is 10.1. The van der Waals surface area contributed by atoms with Crippen LogP contribution in [0.4, 0.5) is 0 Å². The van der Waals surface area contributed by atoms with Gasteiger partial charge in [0.25, 0.3) is 5.91 Å². The number of carbonyl (C=O) groups is 2. The zero-order valence-electron chi connectivity index (χ0n) is 16.6. The van der Waals surface area contributed by atoms with Crippen molar-refractivity contribution in [2.45, 2.75) is 57.8 Å². The molecule has 0 radical (unpaired) electrons. The van der Waals surface area contributed by atoms with Gasteiger partial charge >= 0.3 is 0 Å². The lowest BCUT2D eigenvalue weighted by Gasteiger charge is -2.28. The Hall–Kier alpha value is -2.62. The van der Waals surface area contributed by atoms with Crippen LogP contribution in [0.2, 0.25) is 0 Å². The van der Waals surface area contributed by atoms with Gasteiger partial charge in [0.05, 0.1) is 0 Å². The van der Waals surface area contributed by atoms with E-state index in [2.05, 4.69) is 42.0 Å². The first-order chi connectivity index (χ1) is 13.7. The van der Waals surface area contributed by atoms with E-state index in [-0.39, 0.29) is 17.7 Å². The first kappa shape index (κ1) is 20.1. The maximum Gasteiger partial charge on any atom is 0.269 e. The molecule has 2 aromatic rings. The smallest absolute Gasteiger partial charge is 0.269 e. The molecule has 2 amide bonds. The first-order valence-electron chi connectivity index (χ1n) is 10.4. The molecule has 1 saturated carbocycles. The average molecular weight is 379 g/mol. The predicted octanol–water partition coefficient (Wildman–Crippen LogP) is 4.76. The molecule has 0 aromatic heterocycles. The monoisotopic (exact) mass is 378 g/mol. The number of rotatable bonds is 6. The summed E-state index contributed by atoms with van der Waals surface area (Å²) in [4.78, 5) is 24.7. The van der Waals surface area contributed by atoms with Crippen LogP contribution in [0.5, 0.6) is 0 Å². The van der Waals surface area contributed by atoms with Crippen LogP contribution >= 0.6 is 0 Å². The minimum absolute atomic E-state index is 0.0308. The van der Waals surface area contributed by atoms with Crippen molar-refractivity contribution in [2.75, 3.05) is 0 Å². The number of carbonyl (C=O) groups excluding carboxylic acids is 2. The van der Waals surface area contributed by atoms with Crippen molar-refractivity contribution < 1.29 is 9.59 Å². The van der Waals surface area contributed by atoms with E-state index in [1.807, 2.05) is 30.3 Å². The fourth-order valence-corrected chi connectivity index (χ4v) is 3.91. The second-order valence-corrected chi connectivity index (χ2v) is 7.70. The predicted molar refractivity (Wildman–Crippen MR) is 112 cm³/mol. The number of benzene rings is 2. The van der Waals surface area contributed by atoms with Gasteiger partial charge in [-0.15, -0.1) is 0 Å². The highest BCUT2D eigenvalue weighted by molar-refractivity contribution is 5.95. The van der Waals surface area contributed by atoms with Gasteiger partial charge in [0.2, 0.25) is 5.91 Å². The zero-order valence-corrected chi connectivity index (χ0v) is 16.6. The SMILES string of the molecule is CCCCc1ccc(C(=O)NNC(=O)C2CCC(c3ccccc3)CC2)cc1. The van der Waals surface area contributed by atoms with Gasteiger partial charge in [-0.3, -0.25) is 20.4 Å². The fraction of sp³-hybridized carbons (Fsp3) is 0.417. The van der Waals surface area contributed by atoms with E-state index in [1.165, 1.54) is 11.1 Å². The number of hydrazine groups is 1. The summed E-state index contributed by atoms with van der Waals surface area (Å²) in [5, 5.41) is 0. The molecule has 1 fully saturated rings. The number of hydrogen-bond donors (Lipinski definition) is 2. The molecule has 28 heavy (non-hydrogen) atoms. The van der Waals surface area contributed by atoms with E-state index in [1.54, 1.807) is 0 Å². The van der Waals surface area contributed by atoms with Crippen LogP contribution in [0.1, 0.15) is 72.9 Å². The molecule has 1 aliphatic rings. The number of nitrogens with one attached hydrogen (secondary N) is 2. The van der Waals surface area contributed by atoms with Gasteiger partial charge in [0.15, 0.2) is 0 Å². The van der Waals surface area contributed by atoms with Gasteiger partial charge in [-0.1, -0.05) is 55.8 Å². The van der Waals surface area contributed by atoms with E-state index in [0.29, 0.717) is 11.5 Å². The summed E-state index contributed by atoms with van der Waals surface area (Å²) in [6.45, 7) is 2.17. The molecule has 148 valence electrons. The third-order valence-corrected chi connectivity index (χ3v) is 5.70. The quantitative estimate of drug-likeness (QED) is 0.712. The van der Waals surface area contributed by atoms with Gasteiger partial charge in [-0.25, -0.2) is 0 Å². The number of aryl methyl sites for hydroxylation is 1. The molecule has 1 aliphatic carbocycles. The summed E-state index contributed by atoms with van der Waals surface area (Å²) >= 11 is 0. The Balaban J connectivity index is 1.43. The molecule has 0 unspecified atom stereocenters. The largest absolute Gasteiger partial charge is 0.273 e. The molecule has 0 atom stereocenters. The molecular formula is C24H30N2O2. The second-order valence-electron chi connectivity index (χ2n) is 7.70. The van der Waals surface area contributed by atoms with Crippen LogP contribution in [-0.4, -0.2) is 11.8 Å². The Labute approximate surface area is 167 Å². The number of unbranched alkanes of at least 4 members (excludes halogenated alkanes) is 1. The molecule has 3 rings (SSSR count). The topological polar surface area (TPSA) is 58.2 Å². The van der Waals surface area contributed by atoms with Gasteiger partial charge < -0.3 is 0 Å². The van der Waals surface area contributed by atoms with E-state index in [0.717, 1.165) is 44.9 Å². The van der Waals surface area contributed by atoms with Crippen LogP contribution in [0.3, 0.4) is 0 Å². The third kappa shape index (κ3) is 5.44. The van der Waals surface area contributed by atoms with Crippen molar-refractivity contribution in [3.63, 3.8) is 0 Å². The van der Waals surface area contributed by atoms with Crippen molar-refractivity contribution in [2.24, 2.45) is 5.92 Å². The van der Waals surface area contributed by atoms with Crippen molar-refractivity contribution in [3.8, 4) is 0 Å². The molecule has 0 heterocycles. The van der Waals surface area contributed by atoms with Gasteiger partial charge in [-0.2, -0.15) is 0 Å². The van der Waals surface area contributed by atoms with Crippen LogP contribution in [-0.2, 0) is 11.2 Å². The maximum absolute atomic E-state index is 12.4. The Morgan fingerprint density at radius 3 is 2.21 bits per heavy atom. The number of hydrogen-bond acceptors (Lipinski definition) is 2. The summed E-state index contributed by atoms with van der Waals surface area (Å²) in [6, 6.07) is 18.1. The third-order valence-electron chi connectivity index (χ3n) is 5.70. The van der Waals surface area contributed by atoms with Gasteiger partial charge in [-0.05, 0) is 67.7 Å². The Morgan fingerprint density at radius 2 is 1.57 bits per heavy atom. The van der Waals surface area contributed by atoms with Crippen LogP contribution in [0.15, 0.2) is 54.6 Å². The lowest BCUT2D eigenvalue weighted by molar-refractivity contribution is -0.126. The Kier molecular flexibility index (Phi) is 7.24. The van der Waals surface area contributed by atoms with Gasteiger partial charge in [0.1, 0.15) is 0 Å². The fourth-order valence-electron chi connectivity index (χ4n) is 3.91. The first-order valence-corrected chi connectivity index (χ1v) is 10.4. The summed E-state index contributed by atoms with van der Waals surface area (Å²) in [5.41, 5.74) is 8.33. The highest BCUT2D eigenvalue weighted by atomic mass is 16.2. The molecule has 0 bridgehead atoms. The van der Waals surface area contributed by atoms with Gasteiger partial charge in [0, 0.05) is 11.5 Å². The minimum Gasteiger partial charge on any atom is -0.273 e. The Bertz CT molecular complexity index is 763. The molecule has 0 aliphatic heterocycles. The van der Waals surface area contributed by atoms with E-state index >= 15 is 0 Å². The lowest BCUT2D eigenvalue weighted by Crippen LogP contribution is -2.45. The van der Waals surface area contributed by atoms with Crippen LogP contribution in [0, 0.1) is 5.92 Å². The summed E-state index contributed by atoms with van der Waals surface area (Å²) in [7, 11) is 0. The van der Waals surface area contributed by atoms with Crippen LogP contribution in [0.25, 0.3) is 0 Å². The average Bonchev–Trinajstić information content (AvgIpc) is 2.77. The molecule has 2 aromatic carbocycles. The van der Waals surface area contributed by atoms with E-state index in [4.69, 9.17) is 0 Å². The van der Waals surface area contributed by atoms with Crippen molar-refractivity contribution in [1.82, 2.24) is 10.9 Å². The van der Waals surface area contributed by atoms with E-state index in [9.17, 15) is 9.59 Å². The molecular weight excluding hydrogens is 348 g/mol. The molecule has 2 N–H and O–H groups in total. The number of amides is 2. The highest BCUT2D eigenvalue weighted by Gasteiger charge is 2.27. The normalized spacial score (nSPS) is 19.0. The van der Waals surface area contributed by atoms with Crippen molar-refractivity contribution in [3.05, 3.63) is 71.3 Å². The van der Waals surface area contributed by atoms with Crippen molar-refractivity contribution >= 4 is 11.8 Å². The summed E-state index contributed by atoms with van der Waals surface area (Å²) < 4.78 is 0. The maximum atomic E-state index is 12.4. The van der Waals surface area contributed by atoms with Crippen LogP contribution < -0.4 is 10.9 Å². The molecule has 4 nitrogen and oxygen atoms in total. The zero-order chi connectivity index (χ0) is 19.8. The minimum atomic E-state index is -0.270. The summed E-state index contributed by atoms with van der Waals surface area (Å²) in [5.74, 6) is 0.149. The van der Waals surface area contributed by atoms with E-state index < -0.39 is 0 Å². The Morgan fingerprint density at radius 1 is 0.893 bits per heavy atom.